The van der Waals surface area contributed by atoms with Crippen LogP contribution in [0.4, 0.5) is 0 Å². The Morgan fingerprint density at radius 3 is 2.93 bits per heavy atom. The van der Waals surface area contributed by atoms with Crippen LogP contribution in [0.5, 0.6) is 0 Å². The predicted molar refractivity (Wildman–Crippen MR) is 111 cm³/mol. The minimum Gasteiger partial charge on any atom is -0.362 e. The third-order valence-electron chi connectivity index (χ3n) is 4.76. The van der Waals surface area contributed by atoms with E-state index in [9.17, 15) is 0 Å². The maximum absolute atomic E-state index is 8.32. The normalized spacial score (nSPS) is 15.8. The molecule has 29 heavy (non-hydrogen) atoms. The van der Waals surface area contributed by atoms with E-state index in [1.165, 1.54) is 6.33 Å². The molecule has 1 aromatic carbocycles. The Morgan fingerprint density at radius 1 is 1.24 bits per heavy atom. The minimum absolute atomic E-state index is 0.102. The first-order valence-corrected chi connectivity index (χ1v) is 10.1. The minimum atomic E-state index is -0.102. The standard InChI is InChI=1S/C20H15ClN6OS/c1-10-23-8-13-15(26-10)7-16(27-19(13)22)18-14(21)6-17(29-18)11-3-2-4-12(5-11)20-24-9-25-28-20/h2-6,8-9,16H,7H2,1H3,(H2,22,27)/t16-/m0/s1. The average Bonchev–Trinajstić information content (AvgIpc) is 3.38. The number of fused-ring (bicyclic) bond motifs is 1. The Hall–Kier alpha value is -3.10. The molecule has 4 heterocycles. The number of aryl methyl sites for hydroxylation is 1. The zero-order valence-electron chi connectivity index (χ0n) is 15.3. The molecule has 0 radical (unpaired) electrons. The molecular weight excluding hydrogens is 408 g/mol. The second-order valence-electron chi connectivity index (χ2n) is 6.70. The Morgan fingerprint density at radius 2 is 2.10 bits per heavy atom. The lowest BCUT2D eigenvalue weighted by atomic mass is 10.00. The average molecular weight is 423 g/mol. The summed E-state index contributed by atoms with van der Waals surface area (Å²) in [5.74, 6) is 1.50. The molecule has 0 aliphatic carbocycles. The van der Waals surface area contributed by atoms with E-state index in [2.05, 4.69) is 25.4 Å². The molecule has 0 spiro atoms. The Kier molecular flexibility index (Phi) is 4.37. The second-order valence-corrected chi connectivity index (χ2v) is 8.19. The molecule has 4 aromatic rings. The van der Waals surface area contributed by atoms with E-state index in [0.717, 1.165) is 32.1 Å². The second kappa shape index (κ2) is 7.06. The zero-order chi connectivity index (χ0) is 20.0. The number of nitrogens with zero attached hydrogens (tertiary/aromatic N) is 4. The summed E-state index contributed by atoms with van der Waals surface area (Å²) in [6.07, 6.45) is 3.74. The summed E-state index contributed by atoms with van der Waals surface area (Å²) >= 11 is 8.20. The van der Waals surface area contributed by atoms with Gasteiger partial charge in [-0.3, -0.25) is 5.41 Å². The molecule has 0 fully saturated rings. The largest absolute Gasteiger partial charge is 0.362 e. The Bertz CT molecular complexity index is 1220. The third-order valence-corrected chi connectivity index (χ3v) is 6.48. The van der Waals surface area contributed by atoms with Gasteiger partial charge in [0.1, 0.15) is 11.7 Å². The lowest BCUT2D eigenvalue weighted by Gasteiger charge is -2.26. The van der Waals surface area contributed by atoms with E-state index in [1.54, 1.807) is 17.5 Å². The topological polar surface area (TPSA) is 101 Å². The molecule has 0 saturated carbocycles. The maximum atomic E-state index is 8.32. The summed E-state index contributed by atoms with van der Waals surface area (Å²) in [4.78, 5) is 14.8. The van der Waals surface area contributed by atoms with Gasteiger partial charge in [0.05, 0.1) is 22.3 Å². The van der Waals surface area contributed by atoms with Gasteiger partial charge in [0, 0.05) is 27.9 Å². The molecule has 0 amide bonds. The fraction of sp³-hybridized carbons (Fsp3) is 0.150. The van der Waals surface area contributed by atoms with Crippen molar-refractivity contribution in [2.45, 2.75) is 19.4 Å². The highest BCUT2D eigenvalue weighted by atomic mass is 35.5. The van der Waals surface area contributed by atoms with Crippen molar-refractivity contribution in [3.8, 4) is 21.9 Å². The fourth-order valence-corrected chi connectivity index (χ4v) is 4.93. The molecular formula is C20H15ClN6OS. The molecule has 0 bridgehead atoms. The van der Waals surface area contributed by atoms with Crippen LogP contribution in [-0.4, -0.2) is 25.9 Å². The molecule has 2 N–H and O–H groups in total. The van der Waals surface area contributed by atoms with Crippen molar-refractivity contribution in [3.63, 3.8) is 0 Å². The lowest BCUT2D eigenvalue weighted by Crippen LogP contribution is -2.36. The number of hydrogen-bond donors (Lipinski definition) is 2. The van der Waals surface area contributed by atoms with Crippen LogP contribution in [0.2, 0.25) is 5.02 Å². The van der Waals surface area contributed by atoms with Crippen molar-refractivity contribution in [1.29, 1.82) is 5.41 Å². The summed E-state index contributed by atoms with van der Waals surface area (Å²) in [5.41, 5.74) is 3.48. The monoisotopic (exact) mass is 422 g/mol. The molecule has 1 aliphatic rings. The van der Waals surface area contributed by atoms with Crippen LogP contribution in [0.25, 0.3) is 21.9 Å². The maximum Gasteiger partial charge on any atom is 0.257 e. The molecule has 5 rings (SSSR count). The van der Waals surface area contributed by atoms with Gasteiger partial charge < -0.3 is 9.84 Å². The molecule has 1 atom stereocenters. The molecule has 0 unspecified atom stereocenters. The first kappa shape index (κ1) is 18.0. The smallest absolute Gasteiger partial charge is 0.257 e. The van der Waals surface area contributed by atoms with Crippen LogP contribution in [0.15, 0.2) is 47.4 Å². The van der Waals surface area contributed by atoms with Crippen molar-refractivity contribution >= 4 is 28.8 Å². The highest BCUT2D eigenvalue weighted by Crippen LogP contribution is 2.40. The van der Waals surface area contributed by atoms with Crippen LogP contribution >= 0.6 is 22.9 Å². The van der Waals surface area contributed by atoms with Crippen molar-refractivity contribution in [1.82, 2.24) is 25.4 Å². The van der Waals surface area contributed by atoms with Gasteiger partial charge in [0.2, 0.25) is 0 Å². The van der Waals surface area contributed by atoms with Gasteiger partial charge in [-0.2, -0.15) is 4.98 Å². The van der Waals surface area contributed by atoms with Crippen molar-refractivity contribution in [2.75, 3.05) is 0 Å². The zero-order valence-corrected chi connectivity index (χ0v) is 16.9. The van der Waals surface area contributed by atoms with Gasteiger partial charge in [-0.1, -0.05) is 28.9 Å². The van der Waals surface area contributed by atoms with E-state index in [0.29, 0.717) is 29.0 Å². The van der Waals surface area contributed by atoms with E-state index < -0.39 is 0 Å². The van der Waals surface area contributed by atoms with Gasteiger partial charge in [-0.05, 0) is 30.7 Å². The summed E-state index contributed by atoms with van der Waals surface area (Å²) in [7, 11) is 0. The fourth-order valence-electron chi connectivity index (χ4n) is 3.40. The van der Waals surface area contributed by atoms with Crippen molar-refractivity contribution < 1.29 is 4.52 Å². The Balaban J connectivity index is 1.49. The first-order valence-electron chi connectivity index (χ1n) is 8.93. The van der Waals surface area contributed by atoms with E-state index in [4.69, 9.17) is 21.5 Å². The predicted octanol–water partition coefficient (Wildman–Crippen LogP) is 4.43. The molecule has 7 nitrogen and oxygen atoms in total. The Labute approximate surface area is 175 Å². The van der Waals surface area contributed by atoms with Crippen LogP contribution in [0.1, 0.15) is 28.0 Å². The molecule has 3 aromatic heterocycles. The highest BCUT2D eigenvalue weighted by Gasteiger charge is 2.28. The van der Waals surface area contributed by atoms with Gasteiger partial charge in [-0.15, -0.1) is 11.3 Å². The van der Waals surface area contributed by atoms with E-state index in [1.807, 2.05) is 37.3 Å². The number of aromatic nitrogens is 4. The SMILES string of the molecule is Cc1ncc2c(n1)C[C@@H](c1sc(-c3cccc(-c4ncno4)c3)cc1Cl)NC2=N. The summed E-state index contributed by atoms with van der Waals surface area (Å²) in [6.45, 7) is 1.85. The molecule has 0 saturated heterocycles. The van der Waals surface area contributed by atoms with Gasteiger partial charge in [0.15, 0.2) is 6.33 Å². The molecule has 1 aliphatic heterocycles. The number of nitrogens with one attached hydrogen (secondary N) is 2. The highest BCUT2D eigenvalue weighted by molar-refractivity contribution is 7.16. The van der Waals surface area contributed by atoms with Crippen LogP contribution < -0.4 is 5.32 Å². The van der Waals surface area contributed by atoms with Gasteiger partial charge in [-0.25, -0.2) is 9.97 Å². The van der Waals surface area contributed by atoms with Crippen LogP contribution in [0.3, 0.4) is 0 Å². The van der Waals surface area contributed by atoms with Gasteiger partial charge in [0.25, 0.3) is 5.89 Å². The van der Waals surface area contributed by atoms with Gasteiger partial charge >= 0.3 is 0 Å². The summed E-state index contributed by atoms with van der Waals surface area (Å²) in [6, 6.07) is 9.76. The number of rotatable bonds is 3. The quantitative estimate of drug-likeness (QED) is 0.506. The number of thiophene rings is 1. The van der Waals surface area contributed by atoms with E-state index >= 15 is 0 Å². The summed E-state index contributed by atoms with van der Waals surface area (Å²) < 4.78 is 5.16. The number of benzene rings is 1. The molecule has 144 valence electrons. The third kappa shape index (κ3) is 3.30. The lowest BCUT2D eigenvalue weighted by molar-refractivity contribution is 0.430. The summed E-state index contributed by atoms with van der Waals surface area (Å²) in [5, 5.41) is 15.9. The van der Waals surface area contributed by atoms with Crippen molar-refractivity contribution in [3.05, 3.63) is 69.8 Å². The van der Waals surface area contributed by atoms with Crippen molar-refractivity contribution in [2.24, 2.45) is 0 Å². The van der Waals surface area contributed by atoms with E-state index in [-0.39, 0.29) is 6.04 Å². The van der Waals surface area contributed by atoms with Crippen LogP contribution in [0, 0.1) is 12.3 Å². The van der Waals surface area contributed by atoms with Crippen LogP contribution in [-0.2, 0) is 6.42 Å². The molecule has 9 heteroatoms. The number of halogens is 1. The number of hydrogen-bond acceptors (Lipinski definition) is 7. The number of amidine groups is 1. The first-order chi connectivity index (χ1) is 14.1.